The lowest BCUT2D eigenvalue weighted by Gasteiger charge is -2.40. The quantitative estimate of drug-likeness (QED) is 0.202. The Balaban J connectivity index is 1.19. The molecule has 0 bridgehead atoms. The third kappa shape index (κ3) is 9.35. The Morgan fingerprint density at radius 3 is 2.25 bits per heavy atom. The highest BCUT2D eigenvalue weighted by atomic mass is 32.2. The predicted octanol–water partition coefficient (Wildman–Crippen LogP) is 5.90. The molecule has 6 rings (SSSR count). The van der Waals surface area contributed by atoms with Crippen molar-refractivity contribution in [2.75, 3.05) is 19.4 Å². The Bertz CT molecular complexity index is 1580. The van der Waals surface area contributed by atoms with E-state index in [2.05, 4.69) is 11.4 Å². The topological polar surface area (TPSA) is 113 Å². The monoisotopic (exact) mass is 727 g/mol. The summed E-state index contributed by atoms with van der Waals surface area (Å²) in [7, 11) is 1.36. The average molecular weight is 728 g/mol. The number of fused-ring (bicyclic) bond motifs is 2. The van der Waals surface area contributed by atoms with Crippen molar-refractivity contribution in [1.29, 1.82) is 0 Å². The minimum absolute atomic E-state index is 0.0105. The molecule has 2 aromatic rings. The first-order valence-corrected chi connectivity index (χ1v) is 20.3. The van der Waals surface area contributed by atoms with E-state index in [0.717, 1.165) is 49.0 Å². The van der Waals surface area contributed by atoms with Crippen LogP contribution in [0.25, 0.3) is 0 Å². The lowest BCUT2D eigenvalue weighted by Crippen LogP contribution is -2.53. The molecule has 3 amide bonds. The normalized spacial score (nSPS) is 25.9. The predicted molar refractivity (Wildman–Crippen MR) is 202 cm³/mol. The van der Waals surface area contributed by atoms with Crippen LogP contribution in [0.15, 0.2) is 72.8 Å². The van der Waals surface area contributed by atoms with Gasteiger partial charge in [0.1, 0.15) is 17.9 Å². The van der Waals surface area contributed by atoms with Gasteiger partial charge in [0.2, 0.25) is 17.7 Å². The van der Waals surface area contributed by atoms with Gasteiger partial charge in [-0.1, -0.05) is 72.8 Å². The van der Waals surface area contributed by atoms with Crippen LogP contribution < -0.4 is 5.32 Å². The van der Waals surface area contributed by atoms with Gasteiger partial charge in [-0.2, -0.15) is 0 Å². The van der Waals surface area contributed by atoms with Gasteiger partial charge in [0, 0.05) is 30.7 Å². The van der Waals surface area contributed by atoms with Gasteiger partial charge in [-0.15, -0.1) is 11.8 Å². The number of nitrogens with zero attached hydrogens (tertiary/aromatic N) is 2. The SMILES string of the molecule is COC(=O)[C@@H]1CCC[C@@H]2SCC[C@H](CC(=O)[C@H](CC[C@H](Cc3ccccc3)C(=O)N[C@H]3CC=C[C@H]4CCCCN4C3=O)Cc3ccccc3)C(=O)N21. The molecule has 0 aliphatic carbocycles. The van der Waals surface area contributed by atoms with E-state index >= 15 is 0 Å². The molecule has 0 aromatic heterocycles. The molecule has 2 aromatic carbocycles. The molecule has 9 nitrogen and oxygen atoms in total. The number of hydrogen-bond acceptors (Lipinski definition) is 7. The maximum absolute atomic E-state index is 14.4. The number of rotatable bonds is 13. The van der Waals surface area contributed by atoms with Gasteiger partial charge in [-0.3, -0.25) is 19.2 Å². The molecular formula is C42H53N3O6S. The Kier molecular flexibility index (Phi) is 13.3. The van der Waals surface area contributed by atoms with Crippen LogP contribution in [0, 0.1) is 17.8 Å². The molecule has 4 heterocycles. The van der Waals surface area contributed by atoms with Crippen molar-refractivity contribution in [2.45, 2.75) is 107 Å². The van der Waals surface area contributed by atoms with E-state index in [0.29, 0.717) is 51.5 Å². The minimum atomic E-state index is -0.617. The maximum atomic E-state index is 14.4. The van der Waals surface area contributed by atoms with Crippen LogP contribution in [0.3, 0.4) is 0 Å². The molecule has 0 unspecified atom stereocenters. The van der Waals surface area contributed by atoms with Gasteiger partial charge in [0.15, 0.2) is 0 Å². The molecule has 1 N–H and O–H groups in total. The summed E-state index contributed by atoms with van der Waals surface area (Å²) in [6.07, 6.45) is 12.5. The number of piperidine rings is 2. The number of nitrogens with one attached hydrogen (secondary N) is 1. The molecule has 52 heavy (non-hydrogen) atoms. The Labute approximate surface area is 312 Å². The highest BCUT2D eigenvalue weighted by Crippen LogP contribution is 2.38. The molecule has 4 aliphatic rings. The number of carbonyl (C=O) groups is 5. The second-order valence-electron chi connectivity index (χ2n) is 14.9. The first-order chi connectivity index (χ1) is 25.3. The highest BCUT2D eigenvalue weighted by Gasteiger charge is 2.44. The van der Waals surface area contributed by atoms with Gasteiger partial charge < -0.3 is 19.9 Å². The molecule has 7 atom stereocenters. The van der Waals surface area contributed by atoms with E-state index in [1.807, 2.05) is 71.6 Å². The number of benzene rings is 2. The fourth-order valence-electron chi connectivity index (χ4n) is 8.49. The number of ether oxygens (including phenoxy) is 1. The number of thioether (sulfide) groups is 1. The summed E-state index contributed by atoms with van der Waals surface area (Å²) in [6, 6.07) is 18.7. The maximum Gasteiger partial charge on any atom is 0.328 e. The van der Waals surface area contributed by atoms with Crippen molar-refractivity contribution in [1.82, 2.24) is 15.1 Å². The zero-order chi connectivity index (χ0) is 36.5. The summed E-state index contributed by atoms with van der Waals surface area (Å²) in [5.74, 6) is -1.31. The number of esters is 1. The van der Waals surface area contributed by atoms with Crippen LogP contribution >= 0.6 is 11.8 Å². The molecule has 3 fully saturated rings. The first-order valence-electron chi connectivity index (χ1n) is 19.2. The summed E-state index contributed by atoms with van der Waals surface area (Å²) in [5.41, 5.74) is 2.05. The van der Waals surface area contributed by atoms with Crippen molar-refractivity contribution in [3.05, 3.63) is 83.9 Å². The number of Topliss-reactive ketones (excluding diaryl/α,β-unsaturated/α-hetero) is 1. The zero-order valence-electron chi connectivity index (χ0n) is 30.3. The summed E-state index contributed by atoms with van der Waals surface area (Å²) in [5, 5.41) is 3.05. The van der Waals surface area contributed by atoms with E-state index in [1.165, 1.54) is 7.11 Å². The van der Waals surface area contributed by atoms with Crippen LogP contribution in [0.5, 0.6) is 0 Å². The lowest BCUT2D eigenvalue weighted by molar-refractivity contribution is -0.157. The Morgan fingerprint density at radius 1 is 0.846 bits per heavy atom. The molecule has 0 radical (unpaired) electrons. The standard InChI is InChI=1S/C42H53N3O6S/c1-51-42(50)36-19-11-20-38-45(36)40(48)33(23-25-52-38)28-37(46)31(26-29-12-4-2-5-13-29)21-22-32(27-30-14-6-3-7-15-30)39(47)43-35-18-10-17-34-16-8-9-24-44(34)41(35)49/h2-7,10,12-15,17,31-36,38H,8-9,11,16,18-28H2,1H3,(H,43,47)/t31-,32-,33-,34-,35+,36+,38+/m1/s1. The fraction of sp³-hybridized carbons (Fsp3) is 0.548. The minimum Gasteiger partial charge on any atom is -0.467 e. The molecule has 3 saturated heterocycles. The molecule has 0 spiro atoms. The summed E-state index contributed by atoms with van der Waals surface area (Å²) in [4.78, 5) is 72.6. The van der Waals surface area contributed by atoms with E-state index in [-0.39, 0.29) is 41.3 Å². The molecule has 0 saturated carbocycles. The van der Waals surface area contributed by atoms with Crippen LogP contribution in [0.2, 0.25) is 0 Å². The van der Waals surface area contributed by atoms with Crippen LogP contribution in [-0.4, -0.2) is 82.2 Å². The molecular weight excluding hydrogens is 675 g/mol. The summed E-state index contributed by atoms with van der Waals surface area (Å²) in [6.45, 7) is 0.709. The first kappa shape index (κ1) is 37.8. The molecule has 4 aliphatic heterocycles. The number of amides is 3. The second-order valence-corrected chi connectivity index (χ2v) is 16.2. The van der Waals surface area contributed by atoms with Crippen molar-refractivity contribution < 1.29 is 28.7 Å². The highest BCUT2D eigenvalue weighted by molar-refractivity contribution is 7.99. The fourth-order valence-corrected chi connectivity index (χ4v) is 9.92. The van der Waals surface area contributed by atoms with Crippen molar-refractivity contribution >= 4 is 41.2 Å². The smallest absolute Gasteiger partial charge is 0.328 e. The van der Waals surface area contributed by atoms with Crippen LogP contribution in [0.1, 0.15) is 81.8 Å². The van der Waals surface area contributed by atoms with Crippen molar-refractivity contribution in [3.8, 4) is 0 Å². The van der Waals surface area contributed by atoms with Gasteiger partial charge in [-0.25, -0.2) is 4.79 Å². The second kappa shape index (κ2) is 18.2. The third-order valence-corrected chi connectivity index (χ3v) is 12.7. The van der Waals surface area contributed by atoms with E-state index in [1.54, 1.807) is 16.7 Å². The van der Waals surface area contributed by atoms with E-state index < -0.39 is 35.8 Å². The molecule has 278 valence electrons. The lowest BCUT2D eigenvalue weighted by atomic mass is 9.82. The van der Waals surface area contributed by atoms with Gasteiger partial charge in [0.05, 0.1) is 18.5 Å². The Morgan fingerprint density at radius 2 is 1.54 bits per heavy atom. The van der Waals surface area contributed by atoms with Crippen LogP contribution in [-0.2, 0) is 41.6 Å². The van der Waals surface area contributed by atoms with E-state index in [4.69, 9.17) is 4.74 Å². The van der Waals surface area contributed by atoms with Gasteiger partial charge in [-0.05, 0) is 93.9 Å². The largest absolute Gasteiger partial charge is 0.467 e. The van der Waals surface area contributed by atoms with Gasteiger partial charge >= 0.3 is 5.97 Å². The van der Waals surface area contributed by atoms with Crippen molar-refractivity contribution in [2.24, 2.45) is 17.8 Å². The summed E-state index contributed by atoms with van der Waals surface area (Å²) < 4.78 is 5.08. The average Bonchev–Trinajstić information content (AvgIpc) is 3.43. The summed E-state index contributed by atoms with van der Waals surface area (Å²) >= 11 is 1.70. The third-order valence-electron chi connectivity index (χ3n) is 11.4. The Hall–Kier alpha value is -3.92. The number of methoxy groups -OCH3 is 1. The van der Waals surface area contributed by atoms with Gasteiger partial charge in [0.25, 0.3) is 0 Å². The van der Waals surface area contributed by atoms with Crippen LogP contribution in [0.4, 0.5) is 0 Å². The molecule has 10 heteroatoms. The van der Waals surface area contributed by atoms with E-state index in [9.17, 15) is 24.0 Å². The zero-order valence-corrected chi connectivity index (χ0v) is 31.1. The van der Waals surface area contributed by atoms with Crippen molar-refractivity contribution in [3.63, 3.8) is 0 Å². The number of ketones is 1. The number of hydrogen-bond donors (Lipinski definition) is 1. The number of carbonyl (C=O) groups excluding carboxylic acids is 5.